The van der Waals surface area contributed by atoms with Gasteiger partial charge in [0.15, 0.2) is 5.11 Å². The number of halogens is 2. The molecule has 0 unspecified atom stereocenters. The number of carbonyl (C=O) groups is 2. The van der Waals surface area contributed by atoms with Crippen molar-refractivity contribution in [3.8, 4) is 0 Å². The molecule has 0 aromatic heterocycles. The summed E-state index contributed by atoms with van der Waals surface area (Å²) >= 11 is 5.62. The van der Waals surface area contributed by atoms with Crippen LogP contribution in [0.15, 0.2) is 78.9 Å². The third kappa shape index (κ3) is 5.40. The predicted octanol–water partition coefficient (Wildman–Crippen LogP) is 4.49. The minimum Gasteiger partial charge on any atom is -0.332 e. The fourth-order valence-electron chi connectivity index (χ4n) is 3.69. The van der Waals surface area contributed by atoms with Crippen LogP contribution in [0.2, 0.25) is 0 Å². The Morgan fingerprint density at radius 3 is 2.06 bits per heavy atom. The highest BCUT2D eigenvalue weighted by molar-refractivity contribution is 7.80. The van der Waals surface area contributed by atoms with E-state index in [1.54, 1.807) is 17.0 Å². The Bertz CT molecular complexity index is 1150. The van der Waals surface area contributed by atoms with Crippen molar-refractivity contribution in [3.05, 3.63) is 102 Å². The summed E-state index contributed by atoms with van der Waals surface area (Å²) in [6.45, 7) is 0.541. The average molecular weight is 466 g/mol. The summed E-state index contributed by atoms with van der Waals surface area (Å²) in [5.74, 6) is -1.44. The molecule has 33 heavy (non-hydrogen) atoms. The largest absolute Gasteiger partial charge is 0.332 e. The zero-order chi connectivity index (χ0) is 23.4. The van der Waals surface area contributed by atoms with Crippen molar-refractivity contribution in [1.82, 2.24) is 9.80 Å². The molecule has 1 aliphatic rings. The number of nitrogens with one attached hydrogen (secondary N) is 1. The van der Waals surface area contributed by atoms with Gasteiger partial charge in [-0.15, -0.1) is 0 Å². The van der Waals surface area contributed by atoms with Gasteiger partial charge in [-0.05, 0) is 59.7 Å². The number of thiocarbonyl (C=S) groups is 1. The van der Waals surface area contributed by atoms with E-state index in [1.165, 1.54) is 41.3 Å². The quantitative estimate of drug-likeness (QED) is 0.523. The molecule has 3 aromatic rings. The zero-order valence-electron chi connectivity index (χ0n) is 17.6. The minimum atomic E-state index is -0.813. The Morgan fingerprint density at radius 2 is 1.42 bits per heavy atom. The molecule has 0 radical (unpaired) electrons. The van der Waals surface area contributed by atoms with E-state index in [0.29, 0.717) is 10.8 Å². The predicted molar refractivity (Wildman–Crippen MR) is 125 cm³/mol. The van der Waals surface area contributed by atoms with Crippen LogP contribution in [0.5, 0.6) is 0 Å². The Hall–Kier alpha value is -3.65. The first-order chi connectivity index (χ1) is 15.9. The smallest absolute Gasteiger partial charge is 0.252 e. The maximum absolute atomic E-state index is 13.3. The number of amides is 2. The number of hydrogen-bond donors (Lipinski definition) is 1. The molecule has 3 aromatic carbocycles. The van der Waals surface area contributed by atoms with Gasteiger partial charge >= 0.3 is 0 Å². The van der Waals surface area contributed by atoms with Gasteiger partial charge in [0.2, 0.25) is 5.91 Å². The molecule has 5 nitrogen and oxygen atoms in total. The number of benzene rings is 3. The van der Waals surface area contributed by atoms with E-state index in [1.807, 2.05) is 30.3 Å². The summed E-state index contributed by atoms with van der Waals surface area (Å²) in [6, 6.07) is 19.9. The van der Waals surface area contributed by atoms with Gasteiger partial charge in [0.1, 0.15) is 17.7 Å². The Labute approximate surface area is 195 Å². The molecule has 2 amide bonds. The monoisotopic (exact) mass is 465 g/mol. The lowest BCUT2D eigenvalue weighted by atomic mass is 10.1. The fourth-order valence-corrected chi connectivity index (χ4v) is 4.04. The first-order valence-corrected chi connectivity index (χ1v) is 10.8. The van der Waals surface area contributed by atoms with Crippen molar-refractivity contribution >= 4 is 34.8 Å². The SMILES string of the molecule is O=C(C[C@H]1C(=O)N(Cc2ccccc2)C(=S)N1Cc1ccc(F)cc1)Nc1ccc(F)cc1. The van der Waals surface area contributed by atoms with Crippen LogP contribution in [-0.4, -0.2) is 32.8 Å². The van der Waals surface area contributed by atoms with Crippen molar-refractivity contribution in [2.75, 3.05) is 5.32 Å². The number of nitrogens with zero attached hydrogens (tertiary/aromatic N) is 2. The normalized spacial score (nSPS) is 15.8. The molecule has 168 valence electrons. The standard InChI is InChI=1S/C25H21F2N3O2S/c26-19-8-6-18(7-9-19)15-29-22(14-23(31)28-21-12-10-20(27)11-13-21)24(32)30(25(29)33)16-17-4-2-1-3-5-17/h1-13,22H,14-16H2,(H,28,31)/t22-/m0/s1. The number of carbonyl (C=O) groups excluding carboxylic acids is 2. The van der Waals surface area contributed by atoms with Gasteiger partial charge in [-0.2, -0.15) is 0 Å². The molecule has 0 bridgehead atoms. The summed E-state index contributed by atoms with van der Waals surface area (Å²) in [5, 5.41) is 3.00. The Morgan fingerprint density at radius 1 is 0.848 bits per heavy atom. The molecule has 0 spiro atoms. The number of anilines is 1. The Balaban J connectivity index is 1.55. The second kappa shape index (κ2) is 9.87. The topological polar surface area (TPSA) is 52.7 Å². The molecule has 1 fully saturated rings. The molecule has 1 atom stereocenters. The van der Waals surface area contributed by atoms with E-state index in [0.717, 1.165) is 11.1 Å². The van der Waals surface area contributed by atoms with Crippen LogP contribution >= 0.6 is 12.2 Å². The molecule has 1 aliphatic heterocycles. The lowest BCUT2D eigenvalue weighted by Gasteiger charge is -2.24. The lowest BCUT2D eigenvalue weighted by Crippen LogP contribution is -2.37. The molecular weight excluding hydrogens is 444 g/mol. The first kappa shape index (κ1) is 22.5. The summed E-state index contributed by atoms with van der Waals surface area (Å²) in [5.41, 5.74) is 2.10. The zero-order valence-corrected chi connectivity index (χ0v) is 18.4. The van der Waals surface area contributed by atoms with Crippen LogP contribution in [0.25, 0.3) is 0 Å². The van der Waals surface area contributed by atoms with Crippen molar-refractivity contribution < 1.29 is 18.4 Å². The van der Waals surface area contributed by atoms with E-state index < -0.39 is 17.8 Å². The molecule has 4 rings (SSSR count). The molecular formula is C25H21F2N3O2S. The van der Waals surface area contributed by atoms with Crippen molar-refractivity contribution in [1.29, 1.82) is 0 Å². The maximum atomic E-state index is 13.3. The second-order valence-corrected chi connectivity index (χ2v) is 8.09. The van der Waals surface area contributed by atoms with Crippen LogP contribution < -0.4 is 5.32 Å². The van der Waals surface area contributed by atoms with E-state index in [4.69, 9.17) is 12.2 Å². The van der Waals surface area contributed by atoms with Gasteiger partial charge in [0.25, 0.3) is 5.91 Å². The third-order valence-electron chi connectivity index (χ3n) is 5.36. The van der Waals surface area contributed by atoms with Crippen molar-refractivity contribution in [2.24, 2.45) is 0 Å². The first-order valence-electron chi connectivity index (χ1n) is 10.4. The average Bonchev–Trinajstić information content (AvgIpc) is 3.02. The summed E-state index contributed by atoms with van der Waals surface area (Å²) in [7, 11) is 0. The highest BCUT2D eigenvalue weighted by Crippen LogP contribution is 2.26. The van der Waals surface area contributed by atoms with E-state index in [2.05, 4.69) is 5.32 Å². The van der Waals surface area contributed by atoms with E-state index in [-0.39, 0.29) is 31.2 Å². The maximum Gasteiger partial charge on any atom is 0.252 e. The van der Waals surface area contributed by atoms with Gasteiger partial charge < -0.3 is 10.2 Å². The van der Waals surface area contributed by atoms with Crippen molar-refractivity contribution in [2.45, 2.75) is 25.6 Å². The van der Waals surface area contributed by atoms with Crippen LogP contribution in [0.3, 0.4) is 0 Å². The van der Waals surface area contributed by atoms with Gasteiger partial charge in [-0.1, -0.05) is 42.5 Å². The van der Waals surface area contributed by atoms with Gasteiger partial charge in [-0.25, -0.2) is 8.78 Å². The summed E-state index contributed by atoms with van der Waals surface area (Å²) in [4.78, 5) is 29.2. The van der Waals surface area contributed by atoms with Gasteiger partial charge in [0.05, 0.1) is 13.0 Å². The van der Waals surface area contributed by atoms with Crippen LogP contribution in [0, 0.1) is 11.6 Å². The fraction of sp³-hybridized carbons (Fsp3) is 0.160. The molecule has 1 saturated heterocycles. The van der Waals surface area contributed by atoms with E-state index in [9.17, 15) is 18.4 Å². The third-order valence-corrected chi connectivity index (χ3v) is 5.82. The lowest BCUT2D eigenvalue weighted by molar-refractivity contribution is -0.131. The van der Waals surface area contributed by atoms with Crippen LogP contribution in [0.4, 0.5) is 14.5 Å². The molecule has 0 aliphatic carbocycles. The molecule has 0 saturated carbocycles. The molecule has 1 heterocycles. The highest BCUT2D eigenvalue weighted by atomic mass is 32.1. The molecule has 8 heteroatoms. The van der Waals surface area contributed by atoms with Crippen LogP contribution in [-0.2, 0) is 22.7 Å². The van der Waals surface area contributed by atoms with E-state index >= 15 is 0 Å². The highest BCUT2D eigenvalue weighted by Gasteiger charge is 2.43. The number of rotatable bonds is 7. The van der Waals surface area contributed by atoms with Gasteiger partial charge in [0, 0.05) is 12.2 Å². The second-order valence-electron chi connectivity index (χ2n) is 7.72. The Kier molecular flexibility index (Phi) is 6.74. The summed E-state index contributed by atoms with van der Waals surface area (Å²) in [6.07, 6.45) is -0.136. The van der Waals surface area contributed by atoms with Crippen LogP contribution in [0.1, 0.15) is 17.5 Å². The number of hydrogen-bond acceptors (Lipinski definition) is 3. The summed E-state index contributed by atoms with van der Waals surface area (Å²) < 4.78 is 26.5. The molecule has 1 N–H and O–H groups in total. The van der Waals surface area contributed by atoms with Gasteiger partial charge in [-0.3, -0.25) is 14.5 Å². The van der Waals surface area contributed by atoms with Crippen molar-refractivity contribution in [3.63, 3.8) is 0 Å². The minimum absolute atomic E-state index is 0.136.